The summed E-state index contributed by atoms with van der Waals surface area (Å²) in [5, 5.41) is 2.44. The number of benzene rings is 1. The molecule has 5 N–H and O–H groups in total. The van der Waals surface area contributed by atoms with Gasteiger partial charge in [0.05, 0.1) is 17.5 Å². The zero-order valence-corrected chi connectivity index (χ0v) is 12.4. The van der Waals surface area contributed by atoms with Crippen LogP contribution in [0.25, 0.3) is 5.57 Å². The van der Waals surface area contributed by atoms with Crippen LogP contribution < -0.4 is 11.2 Å². The lowest BCUT2D eigenvalue weighted by Crippen LogP contribution is -2.28. The number of nitrogens with one attached hydrogen (secondary N) is 1. The maximum atomic E-state index is 13.8. The predicted octanol–water partition coefficient (Wildman–Crippen LogP) is 0.0908. The second kappa shape index (κ2) is 5.41. The van der Waals surface area contributed by atoms with Crippen molar-refractivity contribution in [2.45, 2.75) is 9.79 Å². The zero-order valence-electron chi connectivity index (χ0n) is 10.8. The van der Waals surface area contributed by atoms with E-state index in [1.807, 2.05) is 0 Å². The van der Waals surface area contributed by atoms with Crippen molar-refractivity contribution >= 4 is 37.7 Å². The summed E-state index contributed by atoms with van der Waals surface area (Å²) in [6.07, 6.45) is 0.500. The summed E-state index contributed by atoms with van der Waals surface area (Å²) in [7, 11) is -9.84. The Bertz CT molecular complexity index is 941. The molecule has 0 radical (unpaired) electrons. The molecule has 1 heterocycles. The predicted molar refractivity (Wildman–Crippen MR) is 73.1 cm³/mol. The van der Waals surface area contributed by atoms with E-state index in [-0.39, 0.29) is 0 Å². The average Bonchev–Trinajstić information content (AvgIpc) is 2.36. The topological polar surface area (TPSA) is 162 Å². The van der Waals surface area contributed by atoms with E-state index in [9.17, 15) is 25.7 Å². The second-order valence-corrected chi connectivity index (χ2v) is 6.92. The van der Waals surface area contributed by atoms with Gasteiger partial charge in [-0.3, -0.25) is 9.11 Å². The van der Waals surface area contributed by atoms with Gasteiger partial charge >= 0.3 is 0 Å². The third kappa shape index (κ3) is 3.24. The summed E-state index contributed by atoms with van der Waals surface area (Å²) < 4.78 is 90.0. The van der Waals surface area contributed by atoms with E-state index >= 15 is 0 Å². The van der Waals surface area contributed by atoms with Crippen molar-refractivity contribution in [2.24, 2.45) is 5.10 Å². The highest BCUT2D eigenvalue weighted by Gasteiger charge is 2.29. The molecule has 1 aliphatic heterocycles. The molecule has 1 aliphatic rings. The van der Waals surface area contributed by atoms with Gasteiger partial charge in [-0.1, -0.05) is 4.48 Å². The first kappa shape index (κ1) is 17.1. The Morgan fingerprint density at radius 3 is 2.13 bits per heavy atom. The number of rotatable bonds is 3. The number of anilines is 1. The third-order valence-electron chi connectivity index (χ3n) is 2.71. The SMILES string of the molecule is Nc1c(S(=O)(=O)O)ccc(S(=O)(=O)O)c1C1=C(F)NN(F)N=C1. The molecule has 23 heavy (non-hydrogen) atoms. The van der Waals surface area contributed by atoms with Crippen LogP contribution in [0.5, 0.6) is 0 Å². The maximum absolute atomic E-state index is 13.8. The van der Waals surface area contributed by atoms with Crippen LogP contribution in [0.15, 0.2) is 33.0 Å². The van der Waals surface area contributed by atoms with Gasteiger partial charge in [0.1, 0.15) is 9.79 Å². The minimum atomic E-state index is -4.96. The number of hydrogen-bond donors (Lipinski definition) is 4. The minimum Gasteiger partial charge on any atom is -0.397 e. The molecule has 0 saturated heterocycles. The number of halogens is 2. The fourth-order valence-corrected chi connectivity index (χ4v) is 3.15. The van der Waals surface area contributed by atoms with Gasteiger partial charge in [0.2, 0.25) is 5.95 Å². The van der Waals surface area contributed by atoms with Crippen LogP contribution in [0.4, 0.5) is 14.6 Å². The number of nitrogen functional groups attached to an aromatic ring is 1. The lowest BCUT2D eigenvalue weighted by Gasteiger charge is -2.19. The number of allylic oxidation sites excluding steroid dienone is 1. The molecule has 1 aromatic rings. The number of nitrogens with zero attached hydrogens (tertiary/aromatic N) is 2. The largest absolute Gasteiger partial charge is 0.397 e. The van der Waals surface area contributed by atoms with Gasteiger partial charge < -0.3 is 5.73 Å². The summed E-state index contributed by atoms with van der Waals surface area (Å²) in [6, 6.07) is 1.19. The van der Waals surface area contributed by atoms with Crippen LogP contribution in [0, 0.1) is 0 Å². The second-order valence-electron chi connectivity index (χ2n) is 4.14. The van der Waals surface area contributed by atoms with Gasteiger partial charge in [-0.25, -0.2) is 5.43 Å². The fraction of sp³-hybridized carbons (Fsp3) is 0. The molecule has 0 aliphatic carbocycles. The molecule has 0 aromatic heterocycles. The summed E-state index contributed by atoms with van der Waals surface area (Å²) in [6.45, 7) is 0. The quantitative estimate of drug-likeness (QED) is 0.250. The maximum Gasteiger partial charge on any atom is 0.296 e. The van der Waals surface area contributed by atoms with Crippen LogP contribution in [0.2, 0.25) is 0 Å². The summed E-state index contributed by atoms with van der Waals surface area (Å²) in [5.41, 5.74) is 4.46. The summed E-state index contributed by atoms with van der Waals surface area (Å²) in [5.74, 6) is -1.47. The van der Waals surface area contributed by atoms with Crippen molar-refractivity contribution in [2.75, 3.05) is 5.73 Å². The highest BCUT2D eigenvalue weighted by atomic mass is 32.2. The first-order chi connectivity index (χ1) is 10.4. The molecule has 0 bridgehead atoms. The molecule has 0 fully saturated rings. The molecular formula is C9H8F2N4O6S2. The van der Waals surface area contributed by atoms with Gasteiger partial charge in [0, 0.05) is 5.56 Å². The Morgan fingerprint density at radius 2 is 1.65 bits per heavy atom. The first-order valence-corrected chi connectivity index (χ1v) is 8.35. The highest BCUT2D eigenvalue weighted by molar-refractivity contribution is 7.86. The number of nitrogens with two attached hydrogens (primary N) is 1. The molecule has 1 aromatic carbocycles. The first-order valence-electron chi connectivity index (χ1n) is 5.47. The van der Waals surface area contributed by atoms with Crippen molar-refractivity contribution in [3.63, 3.8) is 0 Å². The lowest BCUT2D eigenvalue weighted by atomic mass is 10.1. The number of hydrazone groups is 1. The fourth-order valence-electron chi connectivity index (χ4n) is 1.81. The van der Waals surface area contributed by atoms with Crippen molar-refractivity contribution in [3.8, 4) is 0 Å². The smallest absolute Gasteiger partial charge is 0.296 e. The Kier molecular flexibility index (Phi) is 4.02. The molecule has 0 atom stereocenters. The van der Waals surface area contributed by atoms with Crippen molar-refractivity contribution in [3.05, 3.63) is 23.6 Å². The van der Waals surface area contributed by atoms with E-state index in [0.29, 0.717) is 18.3 Å². The Morgan fingerprint density at radius 1 is 1.13 bits per heavy atom. The Labute approximate surface area is 128 Å². The highest BCUT2D eigenvalue weighted by Crippen LogP contribution is 2.35. The molecule has 0 unspecified atom stereocenters. The molecule has 2 rings (SSSR count). The Balaban J connectivity index is 2.90. The summed E-state index contributed by atoms with van der Waals surface area (Å²) in [4.78, 5) is -1.90. The molecule has 10 nitrogen and oxygen atoms in total. The van der Waals surface area contributed by atoms with Gasteiger partial charge in [-0.2, -0.15) is 21.2 Å². The zero-order chi connectivity index (χ0) is 17.6. The third-order valence-corrected chi connectivity index (χ3v) is 4.52. The van der Waals surface area contributed by atoms with Gasteiger partial charge in [-0.15, -0.1) is 5.10 Å². The van der Waals surface area contributed by atoms with Crippen LogP contribution >= 0.6 is 0 Å². The monoisotopic (exact) mass is 370 g/mol. The van der Waals surface area contributed by atoms with Crippen LogP contribution in [-0.2, 0) is 20.2 Å². The molecule has 14 heteroatoms. The molecular weight excluding hydrogens is 362 g/mol. The van der Waals surface area contributed by atoms with Crippen molar-refractivity contribution in [1.82, 2.24) is 10.8 Å². The van der Waals surface area contributed by atoms with Crippen LogP contribution in [-0.4, -0.2) is 37.5 Å². The van der Waals surface area contributed by atoms with Crippen LogP contribution in [0.3, 0.4) is 0 Å². The van der Waals surface area contributed by atoms with Gasteiger partial charge in [-0.05, 0) is 17.5 Å². The Hall–Kier alpha value is -2.29. The van der Waals surface area contributed by atoms with Gasteiger partial charge in [0.25, 0.3) is 20.2 Å². The summed E-state index contributed by atoms with van der Waals surface area (Å²) >= 11 is 0. The van der Waals surface area contributed by atoms with Crippen molar-refractivity contribution in [1.29, 1.82) is 0 Å². The van der Waals surface area contributed by atoms with E-state index in [4.69, 9.17) is 14.8 Å². The molecule has 0 saturated carbocycles. The molecule has 126 valence electrons. The lowest BCUT2D eigenvalue weighted by molar-refractivity contribution is -0.0258. The number of hydrazine groups is 1. The van der Waals surface area contributed by atoms with Crippen LogP contribution in [0.1, 0.15) is 5.56 Å². The van der Waals surface area contributed by atoms with E-state index in [0.717, 1.165) is 0 Å². The average molecular weight is 370 g/mol. The van der Waals surface area contributed by atoms with E-state index in [2.05, 4.69) is 5.10 Å². The van der Waals surface area contributed by atoms with E-state index in [1.54, 1.807) is 0 Å². The van der Waals surface area contributed by atoms with Gasteiger partial charge in [0.15, 0.2) is 0 Å². The molecule has 0 spiro atoms. The van der Waals surface area contributed by atoms with Crippen molar-refractivity contribution < 1.29 is 34.8 Å². The van der Waals surface area contributed by atoms with E-state index < -0.39 is 58.1 Å². The number of hydrogen-bond acceptors (Lipinski definition) is 8. The normalized spacial score (nSPS) is 15.7. The minimum absolute atomic E-state index is 0.500. The molecule has 0 amide bonds. The van der Waals surface area contributed by atoms with E-state index in [1.165, 1.54) is 5.43 Å². The standard InChI is InChI=1S/C9H8F2N4O6S2/c10-9-4(3-13-15(11)14-9)7-5(22(16,17)18)1-2-6(8(7)12)23(19,20)21/h1-3,14H,12H2,(H,16,17,18)(H,19,20,21).